The van der Waals surface area contributed by atoms with Crippen LogP contribution in [0.3, 0.4) is 0 Å². The minimum atomic E-state index is -0.456. The number of amides is 2. The molecule has 2 amide bonds. The number of carbonyl (C=O) groups is 2. The third kappa shape index (κ3) is 3.41. The number of imide groups is 1. The molecular weight excluding hydrogens is 408 g/mol. The Hall–Kier alpha value is -3.09. The lowest BCUT2D eigenvalue weighted by Gasteiger charge is -2.18. The number of hydrogen-bond donors (Lipinski definition) is 1. The van der Waals surface area contributed by atoms with Crippen LogP contribution in [0, 0.1) is 6.92 Å². The minimum Gasteiger partial charge on any atom is -0.495 e. The van der Waals surface area contributed by atoms with Gasteiger partial charge in [0.25, 0.3) is 11.8 Å². The van der Waals surface area contributed by atoms with Crippen molar-refractivity contribution >= 4 is 51.7 Å². The molecule has 0 aliphatic carbocycles. The summed E-state index contributed by atoms with van der Waals surface area (Å²) in [6, 6.07) is 16.1. The molecule has 0 radical (unpaired) electrons. The van der Waals surface area contributed by atoms with Crippen molar-refractivity contribution in [2.24, 2.45) is 0 Å². The van der Waals surface area contributed by atoms with Crippen molar-refractivity contribution in [2.45, 2.75) is 6.92 Å². The summed E-state index contributed by atoms with van der Waals surface area (Å²) in [5, 5.41) is 5.45. The summed E-state index contributed by atoms with van der Waals surface area (Å²) >= 11 is 7.54. The number of carbonyl (C=O) groups excluding carboxylic acids is 2. The molecule has 3 aromatic rings. The largest absolute Gasteiger partial charge is 0.495 e. The van der Waals surface area contributed by atoms with E-state index in [4.69, 9.17) is 16.3 Å². The van der Waals surface area contributed by atoms with E-state index in [1.807, 2.05) is 48.7 Å². The molecule has 1 N–H and O–H groups in total. The van der Waals surface area contributed by atoms with Crippen molar-refractivity contribution in [3.63, 3.8) is 0 Å². The summed E-state index contributed by atoms with van der Waals surface area (Å²) in [4.78, 5) is 28.6. The summed E-state index contributed by atoms with van der Waals surface area (Å²) in [6.45, 7) is 1.94. The maximum atomic E-state index is 13.4. The number of halogens is 1. The fourth-order valence-electron chi connectivity index (χ4n) is 3.20. The van der Waals surface area contributed by atoms with Gasteiger partial charge in [-0.1, -0.05) is 35.9 Å². The summed E-state index contributed by atoms with van der Waals surface area (Å²) in [5.74, 6) is -0.491. The van der Waals surface area contributed by atoms with Gasteiger partial charge in [0, 0.05) is 15.6 Å². The molecule has 1 aromatic heterocycles. The molecule has 0 saturated heterocycles. The lowest BCUT2D eigenvalue weighted by Crippen LogP contribution is -2.32. The second kappa shape index (κ2) is 7.73. The van der Waals surface area contributed by atoms with Crippen molar-refractivity contribution < 1.29 is 14.3 Å². The van der Waals surface area contributed by atoms with Gasteiger partial charge in [-0.05, 0) is 48.2 Å². The van der Waals surface area contributed by atoms with Crippen LogP contribution in [0.25, 0.3) is 5.57 Å². The first-order valence-electron chi connectivity index (χ1n) is 8.84. The molecule has 5 nitrogen and oxygen atoms in total. The Morgan fingerprint density at radius 1 is 1.03 bits per heavy atom. The molecular formula is C22H17ClN2O3S. The molecule has 29 heavy (non-hydrogen) atoms. The normalized spacial score (nSPS) is 14.0. The molecule has 0 atom stereocenters. The molecule has 0 saturated carbocycles. The van der Waals surface area contributed by atoms with Crippen molar-refractivity contribution in [2.75, 3.05) is 17.3 Å². The van der Waals surface area contributed by atoms with E-state index in [1.165, 1.54) is 18.4 Å². The van der Waals surface area contributed by atoms with Crippen molar-refractivity contribution in [1.82, 2.24) is 0 Å². The smallest absolute Gasteiger partial charge is 0.282 e. The summed E-state index contributed by atoms with van der Waals surface area (Å²) in [6.07, 6.45) is 0. The van der Waals surface area contributed by atoms with Crippen LogP contribution in [0.4, 0.5) is 11.4 Å². The minimum absolute atomic E-state index is 0.230. The number of benzene rings is 2. The van der Waals surface area contributed by atoms with E-state index in [2.05, 4.69) is 5.32 Å². The molecule has 0 spiro atoms. The zero-order valence-electron chi connectivity index (χ0n) is 15.7. The third-order valence-electron chi connectivity index (χ3n) is 4.64. The highest BCUT2D eigenvalue weighted by Gasteiger charge is 2.42. The summed E-state index contributed by atoms with van der Waals surface area (Å²) < 4.78 is 5.37. The monoisotopic (exact) mass is 424 g/mol. The van der Waals surface area contributed by atoms with Gasteiger partial charge in [-0.2, -0.15) is 0 Å². The number of nitrogens with one attached hydrogen (secondary N) is 1. The molecule has 2 heterocycles. The van der Waals surface area contributed by atoms with Gasteiger partial charge in [0.2, 0.25) is 0 Å². The average molecular weight is 425 g/mol. The lowest BCUT2D eigenvalue weighted by molar-refractivity contribution is -0.120. The Morgan fingerprint density at radius 3 is 2.52 bits per heavy atom. The number of ether oxygens (including phenoxy) is 1. The Bertz CT molecular complexity index is 1140. The van der Waals surface area contributed by atoms with E-state index >= 15 is 0 Å². The summed E-state index contributed by atoms with van der Waals surface area (Å²) in [5.41, 5.74) is 2.59. The maximum Gasteiger partial charge on any atom is 0.282 e. The topological polar surface area (TPSA) is 58.6 Å². The zero-order chi connectivity index (χ0) is 20.5. The Labute approximate surface area is 177 Å². The molecule has 0 bridgehead atoms. The third-order valence-corrected chi connectivity index (χ3v) is 5.76. The van der Waals surface area contributed by atoms with Crippen molar-refractivity contribution in [1.29, 1.82) is 0 Å². The van der Waals surface area contributed by atoms with E-state index in [1.54, 1.807) is 18.2 Å². The Kier molecular flexibility index (Phi) is 5.13. The van der Waals surface area contributed by atoms with E-state index in [0.717, 1.165) is 16.2 Å². The van der Waals surface area contributed by atoms with Gasteiger partial charge in [-0.15, -0.1) is 11.3 Å². The number of para-hydroxylation sites is 1. The summed E-state index contributed by atoms with van der Waals surface area (Å²) in [7, 11) is 1.48. The van der Waals surface area contributed by atoms with Crippen LogP contribution in [-0.4, -0.2) is 18.9 Å². The van der Waals surface area contributed by atoms with Gasteiger partial charge in [0.05, 0.1) is 18.4 Å². The highest BCUT2D eigenvalue weighted by Crippen LogP contribution is 2.40. The number of nitrogens with zero attached hydrogens (tertiary/aromatic N) is 1. The van der Waals surface area contributed by atoms with Gasteiger partial charge >= 0.3 is 0 Å². The van der Waals surface area contributed by atoms with E-state index < -0.39 is 11.8 Å². The van der Waals surface area contributed by atoms with Crippen molar-refractivity contribution in [3.8, 4) is 5.75 Å². The Balaban J connectivity index is 1.85. The van der Waals surface area contributed by atoms with E-state index in [0.29, 0.717) is 26.9 Å². The van der Waals surface area contributed by atoms with Crippen LogP contribution in [0.5, 0.6) is 5.75 Å². The molecule has 7 heteroatoms. The number of methoxy groups -OCH3 is 1. The van der Waals surface area contributed by atoms with Gasteiger partial charge < -0.3 is 10.1 Å². The Morgan fingerprint density at radius 2 is 1.83 bits per heavy atom. The molecule has 2 aromatic carbocycles. The van der Waals surface area contributed by atoms with Crippen LogP contribution < -0.4 is 15.0 Å². The average Bonchev–Trinajstić information content (AvgIpc) is 3.30. The predicted molar refractivity (Wildman–Crippen MR) is 117 cm³/mol. The number of thiophene rings is 1. The SMILES string of the molecule is COc1ccc(Cl)cc1N1C(=O)C(Nc2ccccc2C)=C(c2cccs2)C1=O. The zero-order valence-corrected chi connectivity index (χ0v) is 17.3. The molecule has 0 unspecified atom stereocenters. The number of anilines is 2. The molecule has 1 aliphatic heterocycles. The predicted octanol–water partition coefficient (Wildman–Crippen LogP) is 5.12. The van der Waals surface area contributed by atoms with Gasteiger partial charge in [-0.25, -0.2) is 4.90 Å². The number of rotatable bonds is 5. The lowest BCUT2D eigenvalue weighted by atomic mass is 10.1. The van der Waals surface area contributed by atoms with Crippen LogP contribution in [-0.2, 0) is 9.59 Å². The molecule has 0 fully saturated rings. The number of hydrogen-bond acceptors (Lipinski definition) is 5. The van der Waals surface area contributed by atoms with Crippen LogP contribution >= 0.6 is 22.9 Å². The second-order valence-electron chi connectivity index (χ2n) is 6.43. The second-order valence-corrected chi connectivity index (χ2v) is 7.81. The maximum absolute atomic E-state index is 13.4. The molecule has 1 aliphatic rings. The quantitative estimate of drug-likeness (QED) is 0.578. The van der Waals surface area contributed by atoms with Gasteiger partial charge in [0.15, 0.2) is 0 Å². The van der Waals surface area contributed by atoms with Crippen LogP contribution in [0.1, 0.15) is 10.4 Å². The van der Waals surface area contributed by atoms with E-state index in [9.17, 15) is 9.59 Å². The van der Waals surface area contributed by atoms with Crippen LogP contribution in [0.15, 0.2) is 65.7 Å². The first-order chi connectivity index (χ1) is 14.0. The first kappa shape index (κ1) is 19.2. The van der Waals surface area contributed by atoms with Gasteiger partial charge in [-0.3, -0.25) is 9.59 Å². The molecule has 4 rings (SSSR count). The van der Waals surface area contributed by atoms with Crippen LogP contribution in [0.2, 0.25) is 5.02 Å². The fourth-order valence-corrected chi connectivity index (χ4v) is 4.13. The standard InChI is InChI=1S/C22H17ClN2O3S/c1-13-6-3-4-7-15(13)24-20-19(18-8-5-11-29-18)21(26)25(22(20)27)16-12-14(23)9-10-17(16)28-2/h3-12,24H,1-2H3. The van der Waals surface area contributed by atoms with Crippen molar-refractivity contribution in [3.05, 3.63) is 81.1 Å². The number of aryl methyl sites for hydroxylation is 1. The highest BCUT2D eigenvalue weighted by molar-refractivity contribution is 7.11. The fraction of sp³-hybridized carbons (Fsp3) is 0.0909. The first-order valence-corrected chi connectivity index (χ1v) is 10.1. The van der Waals surface area contributed by atoms with Gasteiger partial charge in [0.1, 0.15) is 11.4 Å². The highest BCUT2D eigenvalue weighted by atomic mass is 35.5. The van der Waals surface area contributed by atoms with E-state index in [-0.39, 0.29) is 5.70 Å². The molecule has 146 valence electrons.